The van der Waals surface area contributed by atoms with Crippen molar-refractivity contribution in [1.29, 1.82) is 0 Å². The van der Waals surface area contributed by atoms with Crippen LogP contribution >= 0.6 is 0 Å². The Morgan fingerprint density at radius 1 is 1.63 bits per heavy atom. The fraction of sp³-hybridized carbons (Fsp3) is 0.692. The number of ether oxygens (including phenoxy) is 1. The average Bonchev–Trinajstić information content (AvgIpc) is 3.22. The molecule has 19 heavy (non-hydrogen) atoms. The Kier molecular flexibility index (Phi) is 4.55. The summed E-state index contributed by atoms with van der Waals surface area (Å²) in [4.78, 5) is 13.8. The van der Waals surface area contributed by atoms with Gasteiger partial charge in [-0.15, -0.1) is 0 Å². The molecule has 2 rings (SSSR count). The van der Waals surface area contributed by atoms with E-state index in [1.165, 1.54) is 4.68 Å². The summed E-state index contributed by atoms with van der Waals surface area (Å²) < 4.78 is 6.33. The molecule has 0 aromatic carbocycles. The van der Waals surface area contributed by atoms with Crippen molar-refractivity contribution in [3.05, 3.63) is 22.6 Å². The Morgan fingerprint density at radius 2 is 2.37 bits per heavy atom. The summed E-state index contributed by atoms with van der Waals surface area (Å²) in [7, 11) is 3.53. The summed E-state index contributed by atoms with van der Waals surface area (Å²) in [6.45, 7) is 1.58. The second-order valence-corrected chi connectivity index (χ2v) is 5.05. The topological polar surface area (TPSA) is 67.6 Å². The molecule has 0 spiro atoms. The summed E-state index contributed by atoms with van der Waals surface area (Å²) >= 11 is 0. The summed E-state index contributed by atoms with van der Waals surface area (Å²) in [5.74, 6) is 0.345. The van der Waals surface area contributed by atoms with Crippen LogP contribution in [0.2, 0.25) is 0 Å². The van der Waals surface area contributed by atoms with Crippen LogP contribution in [0.3, 0.4) is 0 Å². The van der Waals surface area contributed by atoms with Gasteiger partial charge in [-0.2, -0.15) is 5.10 Å². The third-order valence-electron chi connectivity index (χ3n) is 3.45. The van der Waals surface area contributed by atoms with E-state index in [2.05, 4.69) is 5.10 Å². The first-order chi connectivity index (χ1) is 9.11. The summed E-state index contributed by atoms with van der Waals surface area (Å²) in [6.07, 6.45) is 3.29. The minimum absolute atomic E-state index is 0.179. The zero-order valence-electron chi connectivity index (χ0n) is 11.5. The summed E-state index contributed by atoms with van der Waals surface area (Å²) in [5.41, 5.74) is 0.584. The standard InChI is InChI=1S/C13H21N3O3/c1-15(5-6-19-2)11-7-13(18)16(14-8-11)9-12(17)10-3-4-10/h7-8,10,12,17H,3-6,9H2,1-2H3. The highest BCUT2D eigenvalue weighted by atomic mass is 16.5. The lowest BCUT2D eigenvalue weighted by Gasteiger charge is -2.18. The lowest BCUT2D eigenvalue weighted by molar-refractivity contribution is 0.125. The van der Waals surface area contributed by atoms with Crippen molar-refractivity contribution in [2.75, 3.05) is 32.2 Å². The van der Waals surface area contributed by atoms with Gasteiger partial charge in [-0.05, 0) is 18.8 Å². The third-order valence-corrected chi connectivity index (χ3v) is 3.45. The Balaban J connectivity index is 2.01. The van der Waals surface area contributed by atoms with Gasteiger partial charge in [0.25, 0.3) is 5.56 Å². The van der Waals surface area contributed by atoms with Gasteiger partial charge in [0.2, 0.25) is 0 Å². The SMILES string of the molecule is COCCN(C)c1cnn(CC(O)C2CC2)c(=O)c1. The number of hydrogen-bond acceptors (Lipinski definition) is 5. The van der Waals surface area contributed by atoms with E-state index in [0.717, 1.165) is 18.5 Å². The Bertz CT molecular complexity index is 470. The number of rotatable bonds is 7. The van der Waals surface area contributed by atoms with E-state index < -0.39 is 6.10 Å². The number of nitrogens with zero attached hydrogens (tertiary/aromatic N) is 3. The van der Waals surface area contributed by atoms with Gasteiger partial charge in [0, 0.05) is 26.8 Å². The first-order valence-corrected chi connectivity index (χ1v) is 6.57. The minimum Gasteiger partial charge on any atom is -0.391 e. The molecule has 1 atom stereocenters. The van der Waals surface area contributed by atoms with Gasteiger partial charge in [-0.25, -0.2) is 4.68 Å². The lowest BCUT2D eigenvalue weighted by Crippen LogP contribution is -2.31. The number of aliphatic hydroxyl groups excluding tert-OH is 1. The molecule has 0 amide bonds. The minimum atomic E-state index is -0.456. The number of anilines is 1. The number of aliphatic hydroxyl groups is 1. The Hall–Kier alpha value is -1.40. The highest BCUT2D eigenvalue weighted by Gasteiger charge is 2.30. The fourth-order valence-electron chi connectivity index (χ4n) is 1.93. The van der Waals surface area contributed by atoms with Crippen LogP contribution in [0.5, 0.6) is 0 Å². The van der Waals surface area contributed by atoms with E-state index in [4.69, 9.17) is 4.74 Å². The maximum atomic E-state index is 11.9. The molecule has 1 unspecified atom stereocenters. The molecule has 0 aliphatic heterocycles. The molecular formula is C13H21N3O3. The van der Waals surface area contributed by atoms with Crippen molar-refractivity contribution < 1.29 is 9.84 Å². The van der Waals surface area contributed by atoms with Crippen LogP contribution in [0.15, 0.2) is 17.1 Å². The molecule has 0 radical (unpaired) electrons. The molecule has 1 N–H and O–H groups in total. The molecule has 1 aliphatic carbocycles. The largest absolute Gasteiger partial charge is 0.391 e. The van der Waals surface area contributed by atoms with Gasteiger partial charge in [0.05, 0.1) is 31.1 Å². The lowest BCUT2D eigenvalue weighted by atomic mass is 10.2. The molecule has 0 saturated heterocycles. The van der Waals surface area contributed by atoms with E-state index in [-0.39, 0.29) is 12.1 Å². The van der Waals surface area contributed by atoms with E-state index in [1.54, 1.807) is 19.4 Å². The van der Waals surface area contributed by atoms with Crippen LogP contribution in [-0.2, 0) is 11.3 Å². The molecule has 6 heteroatoms. The number of aromatic nitrogens is 2. The van der Waals surface area contributed by atoms with Crippen LogP contribution in [0.25, 0.3) is 0 Å². The second kappa shape index (κ2) is 6.16. The average molecular weight is 267 g/mol. The first kappa shape index (κ1) is 14.0. The highest BCUT2D eigenvalue weighted by Crippen LogP contribution is 2.32. The molecule has 0 bridgehead atoms. The molecule has 1 saturated carbocycles. The van der Waals surface area contributed by atoms with Crippen molar-refractivity contribution in [3.63, 3.8) is 0 Å². The first-order valence-electron chi connectivity index (χ1n) is 6.57. The molecular weight excluding hydrogens is 246 g/mol. The zero-order chi connectivity index (χ0) is 13.8. The van der Waals surface area contributed by atoms with Crippen LogP contribution in [0.1, 0.15) is 12.8 Å². The van der Waals surface area contributed by atoms with E-state index in [0.29, 0.717) is 19.1 Å². The van der Waals surface area contributed by atoms with Crippen LogP contribution in [0.4, 0.5) is 5.69 Å². The van der Waals surface area contributed by atoms with Crippen molar-refractivity contribution in [2.45, 2.75) is 25.5 Å². The normalized spacial score (nSPS) is 16.4. The van der Waals surface area contributed by atoms with Crippen LogP contribution < -0.4 is 10.5 Å². The molecule has 1 fully saturated rings. The quantitative estimate of drug-likeness (QED) is 0.759. The number of likely N-dealkylation sites (N-methyl/N-ethyl adjacent to an activating group) is 1. The Labute approximate surface area is 112 Å². The molecule has 1 aromatic rings. The maximum absolute atomic E-state index is 11.9. The van der Waals surface area contributed by atoms with Crippen molar-refractivity contribution in [2.24, 2.45) is 5.92 Å². The van der Waals surface area contributed by atoms with Gasteiger partial charge in [0.15, 0.2) is 0 Å². The molecule has 1 aliphatic rings. The number of methoxy groups -OCH3 is 1. The fourth-order valence-corrected chi connectivity index (χ4v) is 1.93. The molecule has 106 valence electrons. The van der Waals surface area contributed by atoms with E-state index in [9.17, 15) is 9.90 Å². The molecule has 1 heterocycles. The summed E-state index contributed by atoms with van der Waals surface area (Å²) in [5, 5.41) is 14.0. The van der Waals surface area contributed by atoms with Crippen LogP contribution in [-0.4, -0.2) is 48.3 Å². The monoisotopic (exact) mass is 267 g/mol. The summed E-state index contributed by atoms with van der Waals surface area (Å²) in [6, 6.07) is 1.54. The third kappa shape index (κ3) is 3.78. The maximum Gasteiger partial charge on any atom is 0.268 e. The highest BCUT2D eigenvalue weighted by molar-refractivity contribution is 5.41. The van der Waals surface area contributed by atoms with Gasteiger partial charge in [-0.3, -0.25) is 4.79 Å². The smallest absolute Gasteiger partial charge is 0.268 e. The van der Waals surface area contributed by atoms with Crippen molar-refractivity contribution in [1.82, 2.24) is 9.78 Å². The van der Waals surface area contributed by atoms with Crippen molar-refractivity contribution in [3.8, 4) is 0 Å². The molecule has 6 nitrogen and oxygen atoms in total. The Morgan fingerprint density at radius 3 is 2.95 bits per heavy atom. The van der Waals surface area contributed by atoms with Gasteiger partial charge < -0.3 is 14.7 Å². The number of hydrogen-bond donors (Lipinski definition) is 1. The molecule has 1 aromatic heterocycles. The van der Waals surface area contributed by atoms with E-state index >= 15 is 0 Å². The van der Waals surface area contributed by atoms with Gasteiger partial charge >= 0.3 is 0 Å². The van der Waals surface area contributed by atoms with E-state index in [1.807, 2.05) is 11.9 Å². The van der Waals surface area contributed by atoms with Gasteiger partial charge in [-0.1, -0.05) is 0 Å². The predicted molar refractivity (Wildman–Crippen MR) is 72.4 cm³/mol. The zero-order valence-corrected chi connectivity index (χ0v) is 11.5. The van der Waals surface area contributed by atoms with Gasteiger partial charge in [0.1, 0.15) is 0 Å². The van der Waals surface area contributed by atoms with Crippen LogP contribution in [0, 0.1) is 5.92 Å². The predicted octanol–water partition coefficient (Wildman–Crippen LogP) is 0.0968. The van der Waals surface area contributed by atoms with Crippen molar-refractivity contribution >= 4 is 5.69 Å². The second-order valence-electron chi connectivity index (χ2n) is 5.05.